The van der Waals surface area contributed by atoms with Gasteiger partial charge < -0.3 is 5.32 Å². The predicted octanol–water partition coefficient (Wildman–Crippen LogP) is 3.55. The Balaban J connectivity index is 2.61. The fourth-order valence-corrected chi connectivity index (χ4v) is 3.28. The van der Waals surface area contributed by atoms with Gasteiger partial charge in [-0.25, -0.2) is 4.98 Å². The lowest BCUT2D eigenvalue weighted by atomic mass is 10.2. The number of hydrogen-bond acceptors (Lipinski definition) is 4. The monoisotopic (exact) mass is 258 g/mol. The molecular formula is C12H22N2S2. The molecule has 1 heterocycles. The van der Waals surface area contributed by atoms with Gasteiger partial charge in [-0.15, -0.1) is 11.3 Å². The van der Waals surface area contributed by atoms with E-state index in [1.807, 2.05) is 23.1 Å². The van der Waals surface area contributed by atoms with Crippen molar-refractivity contribution in [1.29, 1.82) is 0 Å². The molecule has 16 heavy (non-hydrogen) atoms. The molecule has 0 aromatic carbocycles. The van der Waals surface area contributed by atoms with Crippen molar-refractivity contribution < 1.29 is 0 Å². The largest absolute Gasteiger partial charge is 0.308 e. The van der Waals surface area contributed by atoms with Crippen molar-refractivity contribution in [2.45, 2.75) is 40.2 Å². The minimum absolute atomic E-state index is 0.446. The zero-order chi connectivity index (χ0) is 12.0. The number of nitrogens with zero attached hydrogens (tertiary/aromatic N) is 1. The second kappa shape index (κ2) is 7.30. The van der Waals surface area contributed by atoms with Gasteiger partial charge in [0, 0.05) is 4.88 Å². The molecule has 0 saturated carbocycles. The Hall–Kier alpha value is -0.0600. The van der Waals surface area contributed by atoms with Gasteiger partial charge in [0.15, 0.2) is 0 Å². The van der Waals surface area contributed by atoms with Gasteiger partial charge in [0.1, 0.15) is 5.01 Å². The minimum Gasteiger partial charge on any atom is -0.308 e. The third-order valence-electron chi connectivity index (χ3n) is 2.55. The Morgan fingerprint density at radius 3 is 2.62 bits per heavy atom. The van der Waals surface area contributed by atoms with Crippen LogP contribution in [0.25, 0.3) is 0 Å². The van der Waals surface area contributed by atoms with Crippen molar-refractivity contribution in [2.75, 3.05) is 18.1 Å². The number of thioether (sulfide) groups is 1. The zero-order valence-electron chi connectivity index (χ0n) is 10.7. The fraction of sp³-hybridized carbons (Fsp3) is 0.750. The maximum Gasteiger partial charge on any atom is 0.110 e. The SMILES string of the molecule is CCNC(CCSCC)c1nc(C)c(C)s1. The molecule has 0 saturated heterocycles. The Morgan fingerprint density at radius 2 is 2.12 bits per heavy atom. The normalized spacial score (nSPS) is 13.0. The summed E-state index contributed by atoms with van der Waals surface area (Å²) in [5, 5.41) is 4.79. The molecule has 4 heteroatoms. The molecule has 1 rings (SSSR count). The first-order chi connectivity index (χ1) is 7.69. The van der Waals surface area contributed by atoms with Gasteiger partial charge in [-0.1, -0.05) is 13.8 Å². The van der Waals surface area contributed by atoms with E-state index in [2.05, 4.69) is 38.0 Å². The van der Waals surface area contributed by atoms with E-state index in [9.17, 15) is 0 Å². The molecule has 92 valence electrons. The molecule has 1 aromatic rings. The summed E-state index contributed by atoms with van der Waals surface area (Å²) in [4.78, 5) is 6.00. The van der Waals surface area contributed by atoms with Crippen LogP contribution in [-0.4, -0.2) is 23.0 Å². The molecular weight excluding hydrogens is 236 g/mol. The molecule has 2 nitrogen and oxygen atoms in total. The van der Waals surface area contributed by atoms with Gasteiger partial charge in [-0.3, -0.25) is 0 Å². The van der Waals surface area contributed by atoms with Gasteiger partial charge in [0.2, 0.25) is 0 Å². The maximum absolute atomic E-state index is 4.65. The standard InChI is InChI=1S/C12H22N2S2/c1-5-13-11(7-8-15-6-2)12-14-9(3)10(4)16-12/h11,13H,5-8H2,1-4H3. The minimum atomic E-state index is 0.446. The second-order valence-electron chi connectivity index (χ2n) is 3.79. The molecule has 0 aliphatic carbocycles. The second-order valence-corrected chi connectivity index (χ2v) is 6.42. The van der Waals surface area contributed by atoms with Crippen LogP contribution < -0.4 is 5.32 Å². The highest BCUT2D eigenvalue weighted by Gasteiger charge is 2.15. The van der Waals surface area contributed by atoms with Crippen LogP contribution in [0.5, 0.6) is 0 Å². The van der Waals surface area contributed by atoms with E-state index in [4.69, 9.17) is 0 Å². The fourth-order valence-electron chi connectivity index (χ4n) is 1.55. The molecule has 1 atom stereocenters. The maximum atomic E-state index is 4.65. The predicted molar refractivity (Wildman–Crippen MR) is 75.6 cm³/mol. The third kappa shape index (κ3) is 4.07. The van der Waals surface area contributed by atoms with Gasteiger partial charge in [0.05, 0.1) is 11.7 Å². The summed E-state index contributed by atoms with van der Waals surface area (Å²) in [6, 6.07) is 0.446. The van der Waals surface area contributed by atoms with Crippen LogP contribution in [0.1, 0.15) is 41.9 Å². The topological polar surface area (TPSA) is 24.9 Å². The quantitative estimate of drug-likeness (QED) is 0.757. The van der Waals surface area contributed by atoms with Gasteiger partial charge in [-0.05, 0) is 38.3 Å². The Labute approximate surface area is 107 Å². The highest BCUT2D eigenvalue weighted by Crippen LogP contribution is 2.25. The number of nitrogens with one attached hydrogen (secondary N) is 1. The Morgan fingerprint density at radius 1 is 1.38 bits per heavy atom. The summed E-state index contributed by atoms with van der Waals surface area (Å²) < 4.78 is 0. The van der Waals surface area contributed by atoms with Crippen LogP contribution in [0.2, 0.25) is 0 Å². The molecule has 1 aromatic heterocycles. The summed E-state index contributed by atoms with van der Waals surface area (Å²) in [7, 11) is 0. The number of aryl methyl sites for hydroxylation is 2. The molecule has 1 unspecified atom stereocenters. The number of thiazole rings is 1. The summed E-state index contributed by atoms with van der Waals surface area (Å²) in [6.07, 6.45) is 1.18. The van der Waals surface area contributed by atoms with E-state index in [1.165, 1.54) is 33.5 Å². The Kier molecular flexibility index (Phi) is 6.39. The van der Waals surface area contributed by atoms with Crippen LogP contribution in [0.15, 0.2) is 0 Å². The first-order valence-electron chi connectivity index (χ1n) is 5.94. The van der Waals surface area contributed by atoms with Crippen molar-refractivity contribution in [3.8, 4) is 0 Å². The summed E-state index contributed by atoms with van der Waals surface area (Å²) in [5.41, 5.74) is 1.19. The van der Waals surface area contributed by atoms with Crippen LogP contribution in [0.3, 0.4) is 0 Å². The molecule has 0 aliphatic heterocycles. The van der Waals surface area contributed by atoms with E-state index in [1.54, 1.807) is 0 Å². The van der Waals surface area contributed by atoms with Crippen molar-refractivity contribution in [3.05, 3.63) is 15.6 Å². The first-order valence-corrected chi connectivity index (χ1v) is 7.91. The summed E-state index contributed by atoms with van der Waals surface area (Å²) in [6.45, 7) is 9.64. The van der Waals surface area contributed by atoms with Crippen LogP contribution in [-0.2, 0) is 0 Å². The van der Waals surface area contributed by atoms with E-state index in [-0.39, 0.29) is 0 Å². The van der Waals surface area contributed by atoms with E-state index in [0.29, 0.717) is 6.04 Å². The molecule has 0 amide bonds. The lowest BCUT2D eigenvalue weighted by Crippen LogP contribution is -2.21. The highest BCUT2D eigenvalue weighted by atomic mass is 32.2. The summed E-state index contributed by atoms with van der Waals surface area (Å²) >= 11 is 3.84. The number of rotatable bonds is 7. The third-order valence-corrected chi connectivity index (χ3v) is 4.67. The van der Waals surface area contributed by atoms with Crippen molar-refractivity contribution in [3.63, 3.8) is 0 Å². The lowest BCUT2D eigenvalue weighted by Gasteiger charge is -2.14. The Bertz CT molecular complexity index is 290. The lowest BCUT2D eigenvalue weighted by molar-refractivity contribution is 0.537. The molecule has 0 bridgehead atoms. The van der Waals surface area contributed by atoms with Crippen LogP contribution in [0.4, 0.5) is 0 Å². The van der Waals surface area contributed by atoms with Gasteiger partial charge in [0.25, 0.3) is 0 Å². The van der Waals surface area contributed by atoms with Gasteiger partial charge >= 0.3 is 0 Å². The smallest absolute Gasteiger partial charge is 0.110 e. The molecule has 0 fully saturated rings. The number of hydrogen-bond donors (Lipinski definition) is 1. The van der Waals surface area contributed by atoms with Crippen molar-refractivity contribution in [2.24, 2.45) is 0 Å². The van der Waals surface area contributed by atoms with Crippen LogP contribution >= 0.6 is 23.1 Å². The van der Waals surface area contributed by atoms with E-state index in [0.717, 1.165) is 6.54 Å². The van der Waals surface area contributed by atoms with Crippen molar-refractivity contribution in [1.82, 2.24) is 10.3 Å². The number of aromatic nitrogens is 1. The van der Waals surface area contributed by atoms with Gasteiger partial charge in [-0.2, -0.15) is 11.8 Å². The average molecular weight is 258 g/mol. The van der Waals surface area contributed by atoms with Crippen LogP contribution in [0, 0.1) is 13.8 Å². The van der Waals surface area contributed by atoms with E-state index >= 15 is 0 Å². The molecule has 0 aliphatic rings. The molecule has 0 spiro atoms. The first kappa shape index (κ1) is 14.0. The average Bonchev–Trinajstić information content (AvgIpc) is 2.58. The molecule has 0 radical (unpaired) electrons. The zero-order valence-corrected chi connectivity index (χ0v) is 12.3. The van der Waals surface area contributed by atoms with Crippen molar-refractivity contribution >= 4 is 23.1 Å². The molecule has 1 N–H and O–H groups in total. The van der Waals surface area contributed by atoms with E-state index < -0.39 is 0 Å². The summed E-state index contributed by atoms with van der Waals surface area (Å²) in [5.74, 6) is 2.42. The highest BCUT2D eigenvalue weighted by molar-refractivity contribution is 7.99.